The summed E-state index contributed by atoms with van der Waals surface area (Å²) in [6.45, 7) is 1.98. The van der Waals surface area contributed by atoms with Crippen LogP contribution < -0.4 is 10.6 Å². The second-order valence-corrected chi connectivity index (χ2v) is 4.23. The molecule has 0 radical (unpaired) electrons. The Morgan fingerprint density at radius 2 is 2.36 bits per heavy atom. The number of rotatable bonds is 2. The van der Waals surface area contributed by atoms with Crippen LogP contribution in [0.25, 0.3) is 0 Å². The largest absolute Gasteiger partial charge is 0.347 e. The fourth-order valence-corrected chi connectivity index (χ4v) is 2.09. The molecule has 0 atom stereocenters. The van der Waals surface area contributed by atoms with E-state index >= 15 is 0 Å². The van der Waals surface area contributed by atoms with E-state index in [1.165, 1.54) is 11.3 Å². The van der Waals surface area contributed by atoms with Crippen LogP contribution in [0.2, 0.25) is 0 Å². The monoisotopic (exact) mass is 211 g/mol. The summed E-state index contributed by atoms with van der Waals surface area (Å²) in [6.07, 6.45) is 3.68. The molecular formula is C9H13N3OS. The molecule has 1 aromatic rings. The first-order valence-corrected chi connectivity index (χ1v) is 5.65. The van der Waals surface area contributed by atoms with Gasteiger partial charge >= 0.3 is 0 Å². The lowest BCUT2D eigenvalue weighted by atomic mass is 10.1. The predicted molar refractivity (Wildman–Crippen MR) is 55.5 cm³/mol. The fraction of sp³-hybridized carbons (Fsp3) is 0.556. The summed E-state index contributed by atoms with van der Waals surface area (Å²) in [7, 11) is 0. The molecule has 0 bridgehead atoms. The van der Waals surface area contributed by atoms with Gasteiger partial charge in [-0.3, -0.25) is 4.79 Å². The minimum atomic E-state index is -0.0353. The molecule has 1 amide bonds. The standard InChI is InChI=1S/C9H13N3OS/c13-8(9-11-5-6-14-9)12-7-1-3-10-4-2-7/h5-7,10H,1-4H2,(H,12,13). The summed E-state index contributed by atoms with van der Waals surface area (Å²) in [4.78, 5) is 15.6. The summed E-state index contributed by atoms with van der Waals surface area (Å²) in [5, 5.41) is 8.62. The summed E-state index contributed by atoms with van der Waals surface area (Å²) in [5.74, 6) is -0.0353. The van der Waals surface area contributed by atoms with Crippen LogP contribution in [0.5, 0.6) is 0 Å². The zero-order valence-corrected chi connectivity index (χ0v) is 8.64. The molecule has 1 saturated heterocycles. The molecule has 2 heterocycles. The second-order valence-electron chi connectivity index (χ2n) is 3.33. The van der Waals surface area contributed by atoms with Crippen LogP contribution in [0, 0.1) is 0 Å². The number of piperidine rings is 1. The van der Waals surface area contributed by atoms with E-state index in [0.717, 1.165) is 25.9 Å². The highest BCUT2D eigenvalue weighted by Crippen LogP contribution is 2.07. The number of carbonyl (C=O) groups excluding carboxylic acids is 1. The number of hydrogen-bond acceptors (Lipinski definition) is 4. The fourth-order valence-electron chi connectivity index (χ4n) is 1.55. The van der Waals surface area contributed by atoms with Crippen LogP contribution in [0.1, 0.15) is 22.6 Å². The van der Waals surface area contributed by atoms with Gasteiger partial charge in [0.15, 0.2) is 5.01 Å². The molecule has 5 heteroatoms. The number of nitrogens with one attached hydrogen (secondary N) is 2. The van der Waals surface area contributed by atoms with Crippen LogP contribution >= 0.6 is 11.3 Å². The van der Waals surface area contributed by atoms with E-state index in [9.17, 15) is 4.79 Å². The Balaban J connectivity index is 1.87. The third-order valence-electron chi connectivity index (χ3n) is 2.30. The van der Waals surface area contributed by atoms with E-state index in [1.807, 2.05) is 5.38 Å². The van der Waals surface area contributed by atoms with Gasteiger partial charge in [-0.25, -0.2) is 4.98 Å². The van der Waals surface area contributed by atoms with Crippen LogP contribution in [-0.2, 0) is 0 Å². The molecule has 1 fully saturated rings. The number of carbonyl (C=O) groups is 1. The van der Waals surface area contributed by atoms with Gasteiger partial charge < -0.3 is 10.6 Å². The highest BCUT2D eigenvalue weighted by molar-refractivity contribution is 7.11. The number of aromatic nitrogens is 1. The molecule has 4 nitrogen and oxygen atoms in total. The van der Waals surface area contributed by atoms with Crippen molar-refractivity contribution in [3.63, 3.8) is 0 Å². The van der Waals surface area contributed by atoms with E-state index in [2.05, 4.69) is 15.6 Å². The van der Waals surface area contributed by atoms with Crippen molar-refractivity contribution in [2.75, 3.05) is 13.1 Å². The SMILES string of the molecule is O=C(NC1CCNCC1)c1nccs1. The molecule has 76 valence electrons. The van der Waals surface area contributed by atoms with Gasteiger partial charge in [-0.2, -0.15) is 0 Å². The summed E-state index contributed by atoms with van der Waals surface area (Å²) >= 11 is 1.38. The van der Waals surface area contributed by atoms with Crippen molar-refractivity contribution in [3.05, 3.63) is 16.6 Å². The third-order valence-corrected chi connectivity index (χ3v) is 3.07. The van der Waals surface area contributed by atoms with Crippen molar-refractivity contribution in [2.45, 2.75) is 18.9 Å². The van der Waals surface area contributed by atoms with Crippen LogP contribution in [0.4, 0.5) is 0 Å². The van der Waals surface area contributed by atoms with E-state index in [4.69, 9.17) is 0 Å². The zero-order valence-electron chi connectivity index (χ0n) is 7.82. The maximum atomic E-state index is 11.6. The summed E-state index contributed by atoms with van der Waals surface area (Å²) < 4.78 is 0. The molecule has 14 heavy (non-hydrogen) atoms. The molecule has 2 N–H and O–H groups in total. The average molecular weight is 211 g/mol. The quantitative estimate of drug-likeness (QED) is 0.754. The van der Waals surface area contributed by atoms with Gasteiger partial charge in [-0.05, 0) is 25.9 Å². The van der Waals surface area contributed by atoms with E-state index in [0.29, 0.717) is 11.0 Å². The molecule has 1 aliphatic rings. The van der Waals surface area contributed by atoms with Crippen molar-refractivity contribution in [2.24, 2.45) is 0 Å². The minimum absolute atomic E-state index is 0.0353. The number of nitrogens with zero attached hydrogens (tertiary/aromatic N) is 1. The van der Waals surface area contributed by atoms with Crippen LogP contribution in [-0.4, -0.2) is 30.0 Å². The van der Waals surface area contributed by atoms with Gasteiger partial charge in [0.25, 0.3) is 5.91 Å². The van der Waals surface area contributed by atoms with Crippen molar-refractivity contribution in [1.29, 1.82) is 0 Å². The Morgan fingerprint density at radius 1 is 1.57 bits per heavy atom. The van der Waals surface area contributed by atoms with E-state index in [1.54, 1.807) is 6.20 Å². The van der Waals surface area contributed by atoms with Crippen LogP contribution in [0.3, 0.4) is 0 Å². The predicted octanol–water partition coefficient (Wildman–Crippen LogP) is 0.625. The third kappa shape index (κ3) is 2.30. The van der Waals surface area contributed by atoms with Crippen molar-refractivity contribution >= 4 is 17.2 Å². The van der Waals surface area contributed by atoms with Crippen molar-refractivity contribution < 1.29 is 4.79 Å². The Labute approximate surface area is 86.7 Å². The van der Waals surface area contributed by atoms with Crippen molar-refractivity contribution in [1.82, 2.24) is 15.6 Å². The van der Waals surface area contributed by atoms with E-state index in [-0.39, 0.29) is 5.91 Å². The highest BCUT2D eigenvalue weighted by Gasteiger charge is 2.17. The maximum Gasteiger partial charge on any atom is 0.280 e. The molecule has 2 rings (SSSR count). The van der Waals surface area contributed by atoms with Gasteiger partial charge in [-0.1, -0.05) is 0 Å². The Kier molecular flexibility index (Phi) is 3.10. The Morgan fingerprint density at radius 3 is 3.00 bits per heavy atom. The van der Waals surface area contributed by atoms with Gasteiger partial charge in [0.1, 0.15) is 0 Å². The smallest absolute Gasteiger partial charge is 0.280 e. The maximum absolute atomic E-state index is 11.6. The molecule has 0 aliphatic carbocycles. The lowest BCUT2D eigenvalue weighted by Crippen LogP contribution is -2.42. The number of hydrogen-bond donors (Lipinski definition) is 2. The molecule has 0 aromatic carbocycles. The molecule has 0 spiro atoms. The minimum Gasteiger partial charge on any atom is -0.347 e. The van der Waals surface area contributed by atoms with Crippen molar-refractivity contribution in [3.8, 4) is 0 Å². The molecule has 0 saturated carbocycles. The summed E-state index contributed by atoms with van der Waals surface area (Å²) in [5.41, 5.74) is 0. The van der Waals surface area contributed by atoms with Crippen LogP contribution in [0.15, 0.2) is 11.6 Å². The molecule has 0 unspecified atom stereocenters. The zero-order chi connectivity index (χ0) is 9.80. The average Bonchev–Trinajstić information content (AvgIpc) is 2.72. The first kappa shape index (κ1) is 9.61. The number of amides is 1. The van der Waals surface area contributed by atoms with E-state index < -0.39 is 0 Å². The second kappa shape index (κ2) is 4.52. The normalized spacial score (nSPS) is 18.0. The topological polar surface area (TPSA) is 54.0 Å². The first-order valence-electron chi connectivity index (χ1n) is 4.77. The van der Waals surface area contributed by atoms with Gasteiger partial charge in [-0.15, -0.1) is 11.3 Å². The Bertz CT molecular complexity index is 293. The lowest BCUT2D eigenvalue weighted by Gasteiger charge is -2.23. The van der Waals surface area contributed by atoms with Gasteiger partial charge in [0.2, 0.25) is 0 Å². The summed E-state index contributed by atoms with van der Waals surface area (Å²) in [6, 6.07) is 0.313. The lowest BCUT2D eigenvalue weighted by molar-refractivity contribution is 0.0929. The van der Waals surface area contributed by atoms with Gasteiger partial charge in [0.05, 0.1) is 0 Å². The Hall–Kier alpha value is -0.940. The molecule has 1 aromatic heterocycles. The first-order chi connectivity index (χ1) is 6.86. The highest BCUT2D eigenvalue weighted by atomic mass is 32.1. The molecular weight excluding hydrogens is 198 g/mol. The van der Waals surface area contributed by atoms with Gasteiger partial charge in [0, 0.05) is 17.6 Å². The number of thiazole rings is 1. The molecule has 1 aliphatic heterocycles.